The van der Waals surface area contributed by atoms with Crippen LogP contribution in [-0.4, -0.2) is 27.8 Å². The lowest BCUT2D eigenvalue weighted by Crippen LogP contribution is -2.48. The highest BCUT2D eigenvalue weighted by Crippen LogP contribution is 2.14. The smallest absolute Gasteiger partial charge is 0.319 e. The number of aromatic nitrogens is 2. The summed E-state index contributed by atoms with van der Waals surface area (Å²) in [6, 6.07) is 17.2. The van der Waals surface area contributed by atoms with Crippen LogP contribution in [0.2, 0.25) is 0 Å². The topological polar surface area (TPSA) is 88.0 Å². The second-order valence-corrected chi connectivity index (χ2v) is 6.67. The summed E-state index contributed by atoms with van der Waals surface area (Å²) in [5.41, 5.74) is 2.21. The predicted octanol–water partition coefficient (Wildman–Crippen LogP) is 3.66. The van der Waals surface area contributed by atoms with Crippen molar-refractivity contribution in [2.75, 3.05) is 10.6 Å². The number of urea groups is 1. The number of amides is 3. The van der Waals surface area contributed by atoms with Crippen molar-refractivity contribution in [3.63, 3.8) is 0 Å². The van der Waals surface area contributed by atoms with Crippen LogP contribution in [0.5, 0.6) is 0 Å². The van der Waals surface area contributed by atoms with Gasteiger partial charge in [0.2, 0.25) is 5.91 Å². The quantitative estimate of drug-likeness (QED) is 0.613. The zero-order valence-electron chi connectivity index (χ0n) is 15.8. The van der Waals surface area contributed by atoms with Gasteiger partial charge < -0.3 is 16.0 Å². The van der Waals surface area contributed by atoms with Gasteiger partial charge in [-0.15, -0.1) is 0 Å². The normalized spacial score (nSPS) is 11.7. The second kappa shape index (κ2) is 8.85. The molecule has 1 atom stereocenters. The minimum absolute atomic E-state index is 0.0788. The van der Waals surface area contributed by atoms with Crippen molar-refractivity contribution in [1.82, 2.24) is 15.1 Å². The molecular weight excluding hydrogens is 354 g/mol. The first-order chi connectivity index (χ1) is 13.5. The van der Waals surface area contributed by atoms with E-state index < -0.39 is 12.1 Å². The molecule has 0 aliphatic heterocycles. The number of nitrogens with zero attached hydrogens (tertiary/aromatic N) is 2. The Morgan fingerprint density at radius 1 is 0.893 bits per heavy atom. The van der Waals surface area contributed by atoms with Crippen molar-refractivity contribution in [1.29, 1.82) is 0 Å². The van der Waals surface area contributed by atoms with Gasteiger partial charge in [-0.05, 0) is 48.4 Å². The largest absolute Gasteiger partial charge is 0.326 e. The van der Waals surface area contributed by atoms with E-state index in [4.69, 9.17) is 0 Å². The van der Waals surface area contributed by atoms with Gasteiger partial charge in [0.25, 0.3) is 0 Å². The summed E-state index contributed by atoms with van der Waals surface area (Å²) in [6.45, 7) is 3.77. The fourth-order valence-electron chi connectivity index (χ4n) is 2.70. The molecule has 3 amide bonds. The lowest BCUT2D eigenvalue weighted by atomic mass is 10.0. The van der Waals surface area contributed by atoms with Crippen LogP contribution in [0.3, 0.4) is 0 Å². The minimum atomic E-state index is -0.672. The van der Waals surface area contributed by atoms with E-state index in [0.29, 0.717) is 11.4 Å². The van der Waals surface area contributed by atoms with Crippen molar-refractivity contribution in [2.45, 2.75) is 19.9 Å². The third-order valence-corrected chi connectivity index (χ3v) is 4.17. The van der Waals surface area contributed by atoms with E-state index in [9.17, 15) is 9.59 Å². The number of benzene rings is 2. The van der Waals surface area contributed by atoms with Gasteiger partial charge in [-0.3, -0.25) is 4.79 Å². The summed E-state index contributed by atoms with van der Waals surface area (Å²) in [6.07, 6.45) is 3.55. The molecule has 3 rings (SSSR count). The summed E-state index contributed by atoms with van der Waals surface area (Å²) in [7, 11) is 0. The van der Waals surface area contributed by atoms with E-state index in [-0.39, 0.29) is 11.8 Å². The molecular formula is C21H23N5O2. The average molecular weight is 377 g/mol. The molecule has 0 fully saturated rings. The van der Waals surface area contributed by atoms with E-state index in [1.807, 2.05) is 56.4 Å². The summed E-state index contributed by atoms with van der Waals surface area (Å²) in [5, 5.41) is 12.5. The SMILES string of the molecule is CC(C)C(NC(=O)Nc1ccccc1)C(=O)Nc1ccc(-n2cccn2)cc1. The maximum absolute atomic E-state index is 12.7. The molecule has 0 aliphatic rings. The number of carbonyl (C=O) groups excluding carboxylic acids is 2. The van der Waals surface area contributed by atoms with Crippen LogP contribution in [0.25, 0.3) is 5.69 Å². The minimum Gasteiger partial charge on any atom is -0.326 e. The molecule has 0 saturated carbocycles. The Labute approximate surface area is 163 Å². The van der Waals surface area contributed by atoms with Crippen LogP contribution in [0.4, 0.5) is 16.2 Å². The molecule has 3 aromatic rings. The summed E-state index contributed by atoms with van der Waals surface area (Å²) in [4.78, 5) is 24.9. The third kappa shape index (κ3) is 4.97. The van der Waals surface area contributed by atoms with E-state index in [2.05, 4.69) is 21.0 Å². The van der Waals surface area contributed by atoms with Gasteiger partial charge in [-0.2, -0.15) is 5.10 Å². The molecule has 7 heteroatoms. The van der Waals surface area contributed by atoms with Gasteiger partial charge in [-0.25, -0.2) is 9.48 Å². The Kier molecular flexibility index (Phi) is 6.06. The van der Waals surface area contributed by atoms with Gasteiger partial charge in [0.15, 0.2) is 0 Å². The highest BCUT2D eigenvalue weighted by molar-refractivity contribution is 5.99. The van der Waals surface area contributed by atoms with Gasteiger partial charge in [0.1, 0.15) is 6.04 Å². The van der Waals surface area contributed by atoms with Gasteiger partial charge in [0.05, 0.1) is 5.69 Å². The number of carbonyl (C=O) groups is 2. The number of para-hydroxylation sites is 1. The number of anilines is 2. The van der Waals surface area contributed by atoms with Crippen molar-refractivity contribution < 1.29 is 9.59 Å². The Morgan fingerprint density at radius 3 is 2.18 bits per heavy atom. The second-order valence-electron chi connectivity index (χ2n) is 6.67. The monoisotopic (exact) mass is 377 g/mol. The van der Waals surface area contributed by atoms with Crippen molar-refractivity contribution in [2.24, 2.45) is 5.92 Å². The summed E-state index contributed by atoms with van der Waals surface area (Å²) >= 11 is 0. The zero-order chi connectivity index (χ0) is 19.9. The molecule has 0 saturated heterocycles. The molecule has 2 aromatic carbocycles. The Hall–Kier alpha value is -3.61. The highest BCUT2D eigenvalue weighted by atomic mass is 16.2. The zero-order valence-corrected chi connectivity index (χ0v) is 15.8. The standard InChI is InChI=1S/C21H23N5O2/c1-15(2)19(25-21(28)24-16-7-4-3-5-8-16)20(27)23-17-9-11-18(12-10-17)26-14-6-13-22-26/h3-15,19H,1-2H3,(H,23,27)(H2,24,25,28). The molecule has 0 bridgehead atoms. The van der Waals surface area contributed by atoms with Crippen molar-refractivity contribution in [3.05, 3.63) is 73.1 Å². The fraction of sp³-hybridized carbons (Fsp3) is 0.190. The van der Waals surface area contributed by atoms with E-state index >= 15 is 0 Å². The maximum Gasteiger partial charge on any atom is 0.319 e. The first kappa shape index (κ1) is 19.2. The van der Waals surface area contributed by atoms with Gasteiger partial charge >= 0.3 is 6.03 Å². The maximum atomic E-state index is 12.7. The van der Waals surface area contributed by atoms with Crippen molar-refractivity contribution >= 4 is 23.3 Å². The lowest BCUT2D eigenvalue weighted by Gasteiger charge is -2.22. The Morgan fingerprint density at radius 2 is 1.57 bits per heavy atom. The molecule has 1 aromatic heterocycles. The molecule has 0 radical (unpaired) electrons. The van der Waals surface area contributed by atoms with E-state index in [0.717, 1.165) is 5.69 Å². The van der Waals surface area contributed by atoms with Crippen molar-refractivity contribution in [3.8, 4) is 5.69 Å². The molecule has 1 heterocycles. The third-order valence-electron chi connectivity index (χ3n) is 4.17. The molecule has 28 heavy (non-hydrogen) atoms. The molecule has 3 N–H and O–H groups in total. The molecule has 7 nitrogen and oxygen atoms in total. The molecule has 144 valence electrons. The first-order valence-corrected chi connectivity index (χ1v) is 9.06. The van der Waals surface area contributed by atoms with E-state index in [1.54, 1.807) is 35.1 Å². The van der Waals surface area contributed by atoms with Crippen LogP contribution >= 0.6 is 0 Å². The van der Waals surface area contributed by atoms with Crippen LogP contribution in [0, 0.1) is 5.92 Å². The summed E-state index contributed by atoms with van der Waals surface area (Å²) in [5.74, 6) is -0.352. The van der Waals surface area contributed by atoms with Crippen LogP contribution < -0.4 is 16.0 Å². The number of hydrogen-bond acceptors (Lipinski definition) is 3. The predicted molar refractivity (Wildman–Crippen MR) is 109 cm³/mol. The van der Waals surface area contributed by atoms with Crippen LogP contribution in [0.1, 0.15) is 13.8 Å². The Bertz CT molecular complexity index is 906. The van der Waals surface area contributed by atoms with Gasteiger partial charge in [-0.1, -0.05) is 32.0 Å². The number of nitrogens with one attached hydrogen (secondary N) is 3. The molecule has 0 spiro atoms. The lowest BCUT2D eigenvalue weighted by molar-refractivity contribution is -0.118. The van der Waals surface area contributed by atoms with Crippen LogP contribution in [0.15, 0.2) is 73.1 Å². The number of rotatable bonds is 6. The molecule has 0 aliphatic carbocycles. The highest BCUT2D eigenvalue weighted by Gasteiger charge is 2.24. The van der Waals surface area contributed by atoms with Gasteiger partial charge in [0, 0.05) is 23.8 Å². The fourth-order valence-corrected chi connectivity index (χ4v) is 2.70. The summed E-state index contributed by atoms with van der Waals surface area (Å²) < 4.78 is 1.73. The first-order valence-electron chi connectivity index (χ1n) is 9.06. The Balaban J connectivity index is 1.62. The van der Waals surface area contributed by atoms with E-state index in [1.165, 1.54) is 0 Å². The van der Waals surface area contributed by atoms with Crippen LogP contribution in [-0.2, 0) is 4.79 Å². The number of hydrogen-bond donors (Lipinski definition) is 3. The molecule has 1 unspecified atom stereocenters. The average Bonchev–Trinajstić information content (AvgIpc) is 3.22.